The van der Waals surface area contributed by atoms with E-state index in [4.69, 9.17) is 0 Å². The third-order valence-electron chi connectivity index (χ3n) is 3.51. The van der Waals surface area contributed by atoms with E-state index in [9.17, 15) is 4.79 Å². The van der Waals surface area contributed by atoms with Crippen LogP contribution in [0.5, 0.6) is 0 Å². The molecule has 0 saturated heterocycles. The molecule has 0 aliphatic heterocycles. The van der Waals surface area contributed by atoms with Crippen LogP contribution in [0.25, 0.3) is 11.1 Å². The second-order valence-corrected chi connectivity index (χ2v) is 5.32. The second-order valence-electron chi connectivity index (χ2n) is 5.32. The van der Waals surface area contributed by atoms with Crippen molar-refractivity contribution in [2.24, 2.45) is 7.05 Å². The van der Waals surface area contributed by atoms with Gasteiger partial charge in [0, 0.05) is 30.6 Å². The highest BCUT2D eigenvalue weighted by atomic mass is 16.1. The van der Waals surface area contributed by atoms with Crippen molar-refractivity contribution in [3.8, 4) is 11.1 Å². The van der Waals surface area contributed by atoms with Gasteiger partial charge in [-0.25, -0.2) is 4.98 Å². The maximum absolute atomic E-state index is 12.0. The summed E-state index contributed by atoms with van der Waals surface area (Å²) in [5.41, 5.74) is 3.05. The monoisotopic (exact) mass is 294 g/mol. The molecule has 0 unspecified atom stereocenters. The van der Waals surface area contributed by atoms with Crippen molar-refractivity contribution in [2.75, 3.05) is 5.32 Å². The number of allylic oxidation sites excluding steroid dienone is 3. The van der Waals surface area contributed by atoms with E-state index in [1.54, 1.807) is 17.1 Å². The van der Waals surface area contributed by atoms with Crippen molar-refractivity contribution in [3.63, 3.8) is 0 Å². The number of anilines is 1. The van der Waals surface area contributed by atoms with Crippen molar-refractivity contribution in [2.45, 2.75) is 19.3 Å². The first-order valence-electron chi connectivity index (χ1n) is 7.31. The smallest absolute Gasteiger partial charge is 0.229 e. The molecule has 0 atom stereocenters. The first-order chi connectivity index (χ1) is 10.7. The number of hydrogen-bond acceptors (Lipinski definition) is 3. The highest BCUT2D eigenvalue weighted by molar-refractivity contribution is 5.91. The van der Waals surface area contributed by atoms with Crippen molar-refractivity contribution in [3.05, 3.63) is 54.5 Å². The van der Waals surface area contributed by atoms with Crippen LogP contribution in [0.1, 0.15) is 19.3 Å². The lowest BCUT2D eigenvalue weighted by atomic mass is 10.0. The molecule has 1 amide bonds. The zero-order chi connectivity index (χ0) is 15.4. The van der Waals surface area contributed by atoms with Crippen LogP contribution >= 0.6 is 0 Å². The molecule has 112 valence electrons. The third-order valence-corrected chi connectivity index (χ3v) is 3.51. The van der Waals surface area contributed by atoms with Crippen LogP contribution in [0.4, 0.5) is 5.82 Å². The molecule has 0 saturated carbocycles. The van der Waals surface area contributed by atoms with E-state index in [0.717, 1.165) is 29.5 Å². The Labute approximate surface area is 129 Å². The average molecular weight is 294 g/mol. The van der Waals surface area contributed by atoms with Crippen molar-refractivity contribution >= 4 is 11.7 Å². The summed E-state index contributed by atoms with van der Waals surface area (Å²) in [6, 6.07) is 3.74. The van der Waals surface area contributed by atoms with Gasteiger partial charge in [0.2, 0.25) is 5.91 Å². The van der Waals surface area contributed by atoms with Crippen molar-refractivity contribution in [1.82, 2.24) is 14.8 Å². The molecule has 1 aliphatic carbocycles. The number of nitrogens with zero attached hydrogens (tertiary/aromatic N) is 3. The Balaban J connectivity index is 1.62. The van der Waals surface area contributed by atoms with Gasteiger partial charge in [0.05, 0.1) is 12.6 Å². The minimum atomic E-state index is -0.0422. The molecule has 1 N–H and O–H groups in total. The quantitative estimate of drug-likeness (QED) is 0.942. The summed E-state index contributed by atoms with van der Waals surface area (Å²) in [7, 11) is 1.87. The SMILES string of the molecule is Cn1cc(-c2ccc(NC(=O)CC3=CCCC=C3)nc2)cn1. The largest absolute Gasteiger partial charge is 0.310 e. The highest BCUT2D eigenvalue weighted by Crippen LogP contribution is 2.19. The van der Waals surface area contributed by atoms with Crippen LogP contribution in [-0.4, -0.2) is 20.7 Å². The van der Waals surface area contributed by atoms with Gasteiger partial charge >= 0.3 is 0 Å². The Morgan fingerprint density at radius 3 is 2.82 bits per heavy atom. The molecule has 0 spiro atoms. The van der Waals surface area contributed by atoms with E-state index in [-0.39, 0.29) is 5.91 Å². The standard InChI is InChI=1S/C17H18N4O/c1-21-12-15(11-19-21)14-7-8-16(18-10-14)20-17(22)9-13-5-3-2-4-6-13/h3,5-8,10-12H,2,4,9H2,1H3,(H,18,20,22). The van der Waals surface area contributed by atoms with Gasteiger partial charge in [-0.05, 0) is 30.5 Å². The van der Waals surface area contributed by atoms with Gasteiger partial charge in [0.1, 0.15) is 5.82 Å². The topological polar surface area (TPSA) is 59.8 Å². The number of carbonyl (C=O) groups excluding carboxylic acids is 1. The predicted molar refractivity (Wildman–Crippen MR) is 86.1 cm³/mol. The molecular formula is C17H18N4O. The zero-order valence-corrected chi connectivity index (χ0v) is 12.5. The van der Waals surface area contributed by atoms with Crippen LogP contribution in [0.3, 0.4) is 0 Å². The number of pyridine rings is 1. The van der Waals surface area contributed by atoms with Gasteiger partial charge in [-0.1, -0.05) is 18.2 Å². The Hall–Kier alpha value is -2.69. The number of aromatic nitrogens is 3. The van der Waals surface area contributed by atoms with E-state index in [1.165, 1.54) is 0 Å². The summed E-state index contributed by atoms with van der Waals surface area (Å²) in [5, 5.41) is 6.96. The number of aryl methyl sites for hydroxylation is 1. The normalized spacial score (nSPS) is 13.8. The fourth-order valence-electron chi connectivity index (χ4n) is 2.38. The Bertz CT molecular complexity index is 725. The lowest BCUT2D eigenvalue weighted by Gasteiger charge is -2.08. The fourth-order valence-corrected chi connectivity index (χ4v) is 2.38. The first kappa shape index (κ1) is 14.3. The summed E-state index contributed by atoms with van der Waals surface area (Å²) >= 11 is 0. The molecule has 3 rings (SSSR count). The van der Waals surface area contributed by atoms with Gasteiger partial charge in [0.25, 0.3) is 0 Å². The van der Waals surface area contributed by atoms with Crippen LogP contribution in [0.15, 0.2) is 54.5 Å². The number of hydrogen-bond donors (Lipinski definition) is 1. The van der Waals surface area contributed by atoms with E-state index in [0.29, 0.717) is 12.2 Å². The highest BCUT2D eigenvalue weighted by Gasteiger charge is 2.07. The van der Waals surface area contributed by atoms with Crippen molar-refractivity contribution < 1.29 is 4.79 Å². The molecule has 0 bridgehead atoms. The number of carbonyl (C=O) groups is 1. The molecule has 0 fully saturated rings. The van der Waals surface area contributed by atoms with E-state index in [2.05, 4.69) is 27.6 Å². The van der Waals surface area contributed by atoms with Gasteiger partial charge in [0.15, 0.2) is 0 Å². The lowest BCUT2D eigenvalue weighted by molar-refractivity contribution is -0.115. The summed E-state index contributed by atoms with van der Waals surface area (Å²) in [5.74, 6) is 0.525. The Morgan fingerprint density at radius 1 is 1.27 bits per heavy atom. The van der Waals surface area contributed by atoms with Gasteiger partial charge in [-0.3, -0.25) is 9.48 Å². The minimum Gasteiger partial charge on any atom is -0.310 e. The number of nitrogens with one attached hydrogen (secondary N) is 1. The van der Waals surface area contributed by atoms with Crippen LogP contribution in [-0.2, 0) is 11.8 Å². The Morgan fingerprint density at radius 2 is 2.18 bits per heavy atom. The van der Waals surface area contributed by atoms with E-state index in [1.807, 2.05) is 31.5 Å². The maximum atomic E-state index is 12.0. The van der Waals surface area contributed by atoms with Gasteiger partial charge in [-0.2, -0.15) is 5.10 Å². The number of rotatable bonds is 4. The van der Waals surface area contributed by atoms with Crippen LogP contribution < -0.4 is 5.32 Å². The van der Waals surface area contributed by atoms with Crippen molar-refractivity contribution in [1.29, 1.82) is 0 Å². The van der Waals surface area contributed by atoms with Gasteiger partial charge in [-0.15, -0.1) is 0 Å². The van der Waals surface area contributed by atoms with E-state index >= 15 is 0 Å². The minimum absolute atomic E-state index is 0.0422. The fraction of sp³-hybridized carbons (Fsp3) is 0.235. The van der Waals surface area contributed by atoms with Crippen LogP contribution in [0, 0.1) is 0 Å². The second kappa shape index (κ2) is 6.39. The molecule has 2 aromatic rings. The summed E-state index contributed by atoms with van der Waals surface area (Å²) < 4.78 is 1.75. The zero-order valence-electron chi connectivity index (χ0n) is 12.5. The summed E-state index contributed by atoms with van der Waals surface area (Å²) in [4.78, 5) is 16.3. The average Bonchev–Trinajstić information content (AvgIpc) is 2.95. The van der Waals surface area contributed by atoms with Gasteiger partial charge < -0.3 is 5.32 Å². The molecule has 5 nitrogen and oxygen atoms in total. The molecule has 5 heteroatoms. The third kappa shape index (κ3) is 3.49. The molecule has 0 radical (unpaired) electrons. The van der Waals surface area contributed by atoms with E-state index < -0.39 is 0 Å². The maximum Gasteiger partial charge on any atom is 0.229 e. The van der Waals surface area contributed by atoms with Crippen LogP contribution in [0.2, 0.25) is 0 Å². The molecule has 2 aromatic heterocycles. The summed E-state index contributed by atoms with van der Waals surface area (Å²) in [6.45, 7) is 0. The summed E-state index contributed by atoms with van der Waals surface area (Å²) in [6.07, 6.45) is 14.1. The number of amides is 1. The first-order valence-corrected chi connectivity index (χ1v) is 7.31. The molecule has 1 aliphatic rings. The molecule has 2 heterocycles. The Kier molecular flexibility index (Phi) is 4.14. The predicted octanol–water partition coefficient (Wildman–Crippen LogP) is 3.09. The molecule has 0 aromatic carbocycles. The lowest BCUT2D eigenvalue weighted by Crippen LogP contribution is -2.13. The molecule has 22 heavy (non-hydrogen) atoms. The molecular weight excluding hydrogens is 276 g/mol.